The average Bonchev–Trinajstić information content (AvgIpc) is 2.48. The summed E-state index contributed by atoms with van der Waals surface area (Å²) >= 11 is 0. The Kier molecular flexibility index (Phi) is 7.41. The maximum Gasteiger partial charge on any atom is 0.271 e. The predicted molar refractivity (Wildman–Crippen MR) is 92.2 cm³/mol. The molecule has 1 aromatic rings. The number of nitro groups is 1. The zero-order valence-corrected chi connectivity index (χ0v) is 14.2. The van der Waals surface area contributed by atoms with E-state index in [1.807, 2.05) is 6.92 Å². The summed E-state index contributed by atoms with van der Waals surface area (Å²) in [6.07, 6.45) is 0.381. The number of nitro benzene ring substituents is 1. The third-order valence-corrected chi connectivity index (χ3v) is 3.97. The van der Waals surface area contributed by atoms with Crippen LogP contribution in [0, 0.1) is 17.0 Å². The van der Waals surface area contributed by atoms with Crippen LogP contribution in [0.2, 0.25) is 0 Å². The minimum absolute atomic E-state index is 0. The fourth-order valence-corrected chi connectivity index (χ4v) is 2.53. The molecule has 0 bridgehead atoms. The van der Waals surface area contributed by atoms with Gasteiger partial charge in [-0.15, -0.1) is 12.4 Å². The van der Waals surface area contributed by atoms with Crippen LogP contribution in [0.1, 0.15) is 18.9 Å². The van der Waals surface area contributed by atoms with Crippen molar-refractivity contribution in [3.05, 3.63) is 33.9 Å². The normalized spacial score (nSPS) is 18.1. The number of hydrogen-bond acceptors (Lipinski definition) is 5. The Hall–Kier alpha value is -1.70. The number of carbonyl (C=O) groups excluding carboxylic acids is 1. The Bertz CT molecular complexity index is 568. The van der Waals surface area contributed by atoms with Crippen molar-refractivity contribution in [2.45, 2.75) is 26.3 Å². The van der Waals surface area contributed by atoms with Crippen LogP contribution in [0.15, 0.2) is 18.2 Å². The smallest absolute Gasteiger partial charge is 0.271 e. The molecule has 23 heavy (non-hydrogen) atoms. The topological polar surface area (TPSA) is 87.5 Å². The van der Waals surface area contributed by atoms with Crippen LogP contribution < -0.4 is 10.6 Å². The van der Waals surface area contributed by atoms with Crippen molar-refractivity contribution in [3.8, 4) is 0 Å². The number of nitrogens with one attached hydrogen (secondary N) is 2. The Balaban J connectivity index is 0.00000264. The number of rotatable bonds is 5. The highest BCUT2D eigenvalue weighted by Gasteiger charge is 2.18. The first kappa shape index (κ1) is 19.3. The monoisotopic (exact) mass is 342 g/mol. The van der Waals surface area contributed by atoms with Gasteiger partial charge in [0.1, 0.15) is 0 Å². The van der Waals surface area contributed by atoms with E-state index in [1.165, 1.54) is 12.1 Å². The standard InChI is InChI=1S/C15H22N4O3.ClH/c1-11-3-4-13(19(21)22)9-14(11)17-15(20)5-7-18-8-6-16-10-12(18)2;/h3-4,9,12,16H,5-8,10H2,1-2H3,(H,17,20);1H/t12-;/m0./s1. The van der Waals surface area contributed by atoms with Gasteiger partial charge < -0.3 is 10.6 Å². The SMILES string of the molecule is Cc1ccc([N+](=O)[O-])cc1NC(=O)CCN1CCNC[C@@H]1C.Cl. The lowest BCUT2D eigenvalue weighted by Gasteiger charge is -2.33. The molecule has 0 aliphatic carbocycles. The van der Waals surface area contributed by atoms with E-state index < -0.39 is 4.92 Å². The third-order valence-electron chi connectivity index (χ3n) is 3.97. The van der Waals surface area contributed by atoms with Crippen LogP contribution in [-0.2, 0) is 4.79 Å². The van der Waals surface area contributed by atoms with Crippen molar-refractivity contribution in [2.75, 3.05) is 31.5 Å². The van der Waals surface area contributed by atoms with E-state index in [1.54, 1.807) is 6.07 Å². The zero-order valence-electron chi connectivity index (χ0n) is 13.4. The van der Waals surface area contributed by atoms with E-state index in [-0.39, 0.29) is 24.0 Å². The highest BCUT2D eigenvalue weighted by molar-refractivity contribution is 5.92. The van der Waals surface area contributed by atoms with Gasteiger partial charge in [-0.2, -0.15) is 0 Å². The number of carbonyl (C=O) groups is 1. The molecule has 0 aromatic heterocycles. The van der Waals surface area contributed by atoms with E-state index in [4.69, 9.17) is 0 Å². The number of anilines is 1. The molecule has 1 saturated heterocycles. The van der Waals surface area contributed by atoms with Gasteiger partial charge in [-0.25, -0.2) is 0 Å². The fourth-order valence-electron chi connectivity index (χ4n) is 2.53. The number of hydrogen-bond donors (Lipinski definition) is 2. The van der Waals surface area contributed by atoms with Crippen LogP contribution in [0.3, 0.4) is 0 Å². The summed E-state index contributed by atoms with van der Waals surface area (Å²) in [7, 11) is 0. The fraction of sp³-hybridized carbons (Fsp3) is 0.533. The van der Waals surface area contributed by atoms with Crippen LogP contribution in [0.4, 0.5) is 11.4 Å². The number of aryl methyl sites for hydroxylation is 1. The summed E-state index contributed by atoms with van der Waals surface area (Å²) < 4.78 is 0. The van der Waals surface area contributed by atoms with Crippen molar-refractivity contribution in [3.63, 3.8) is 0 Å². The summed E-state index contributed by atoms with van der Waals surface area (Å²) in [6, 6.07) is 4.90. The Morgan fingerprint density at radius 1 is 1.52 bits per heavy atom. The first-order valence-corrected chi connectivity index (χ1v) is 7.47. The Labute approximate surface area is 142 Å². The van der Waals surface area contributed by atoms with Crippen LogP contribution in [0.25, 0.3) is 0 Å². The first-order valence-electron chi connectivity index (χ1n) is 7.47. The number of benzene rings is 1. The average molecular weight is 343 g/mol. The van der Waals surface area contributed by atoms with Crippen molar-refractivity contribution in [2.24, 2.45) is 0 Å². The molecular weight excluding hydrogens is 320 g/mol. The second-order valence-electron chi connectivity index (χ2n) is 5.64. The number of piperazine rings is 1. The van der Waals surface area contributed by atoms with E-state index in [9.17, 15) is 14.9 Å². The molecule has 0 radical (unpaired) electrons. The molecule has 1 aromatic carbocycles. The van der Waals surface area contributed by atoms with Crippen molar-refractivity contribution >= 4 is 29.7 Å². The molecule has 1 atom stereocenters. The Morgan fingerprint density at radius 2 is 2.26 bits per heavy atom. The maximum absolute atomic E-state index is 12.1. The predicted octanol–water partition coefficient (Wildman–Crippen LogP) is 1.95. The largest absolute Gasteiger partial charge is 0.326 e. The number of amides is 1. The maximum atomic E-state index is 12.1. The van der Waals surface area contributed by atoms with E-state index in [0.29, 0.717) is 24.7 Å². The quantitative estimate of drug-likeness (QED) is 0.630. The second kappa shape index (κ2) is 8.81. The van der Waals surface area contributed by atoms with Crippen LogP contribution in [0.5, 0.6) is 0 Å². The highest BCUT2D eigenvalue weighted by atomic mass is 35.5. The van der Waals surface area contributed by atoms with Gasteiger partial charge in [0.25, 0.3) is 5.69 Å². The minimum atomic E-state index is -0.461. The van der Waals surface area contributed by atoms with Crippen molar-refractivity contribution in [1.29, 1.82) is 0 Å². The van der Waals surface area contributed by atoms with Crippen molar-refractivity contribution < 1.29 is 9.72 Å². The zero-order chi connectivity index (χ0) is 16.1. The van der Waals surface area contributed by atoms with Gasteiger partial charge in [-0.1, -0.05) is 6.07 Å². The van der Waals surface area contributed by atoms with Crippen molar-refractivity contribution in [1.82, 2.24) is 10.2 Å². The lowest BCUT2D eigenvalue weighted by Crippen LogP contribution is -2.50. The molecule has 0 unspecified atom stereocenters. The molecule has 1 fully saturated rings. The number of halogens is 1. The highest BCUT2D eigenvalue weighted by Crippen LogP contribution is 2.22. The summed E-state index contributed by atoms with van der Waals surface area (Å²) in [5.41, 5.74) is 1.30. The Morgan fingerprint density at radius 3 is 2.91 bits per heavy atom. The molecule has 128 valence electrons. The first-order chi connectivity index (χ1) is 10.5. The molecule has 1 aliphatic heterocycles. The summed E-state index contributed by atoms with van der Waals surface area (Å²) in [4.78, 5) is 24.7. The van der Waals surface area contributed by atoms with E-state index in [2.05, 4.69) is 22.5 Å². The molecule has 8 heteroatoms. The summed E-state index contributed by atoms with van der Waals surface area (Å²) in [5.74, 6) is -0.116. The minimum Gasteiger partial charge on any atom is -0.326 e. The molecule has 7 nitrogen and oxygen atoms in total. The van der Waals surface area contributed by atoms with Gasteiger partial charge in [0.2, 0.25) is 5.91 Å². The summed E-state index contributed by atoms with van der Waals surface area (Å²) in [6.45, 7) is 7.46. The number of non-ortho nitro benzene ring substituents is 1. The molecule has 0 saturated carbocycles. The number of nitrogens with zero attached hydrogens (tertiary/aromatic N) is 2. The van der Waals surface area contributed by atoms with Gasteiger partial charge >= 0.3 is 0 Å². The lowest BCUT2D eigenvalue weighted by molar-refractivity contribution is -0.384. The molecule has 1 heterocycles. The van der Waals surface area contributed by atoms with E-state index in [0.717, 1.165) is 25.2 Å². The third kappa shape index (κ3) is 5.46. The van der Waals surface area contributed by atoms with E-state index >= 15 is 0 Å². The molecule has 1 aliphatic rings. The van der Waals surface area contributed by atoms with Gasteiger partial charge in [-0.3, -0.25) is 19.8 Å². The molecule has 2 rings (SSSR count). The molecule has 1 amide bonds. The van der Waals surface area contributed by atoms with Gasteiger partial charge in [0, 0.05) is 50.8 Å². The van der Waals surface area contributed by atoms with Crippen LogP contribution >= 0.6 is 12.4 Å². The lowest BCUT2D eigenvalue weighted by atomic mass is 10.1. The molecule has 0 spiro atoms. The summed E-state index contributed by atoms with van der Waals surface area (Å²) in [5, 5.41) is 16.9. The molecule has 2 N–H and O–H groups in total. The van der Waals surface area contributed by atoms with Crippen LogP contribution in [-0.4, -0.2) is 48.0 Å². The van der Waals surface area contributed by atoms with Gasteiger partial charge in [-0.05, 0) is 19.4 Å². The molecular formula is C15H23ClN4O3. The second-order valence-corrected chi connectivity index (χ2v) is 5.64. The van der Waals surface area contributed by atoms with Gasteiger partial charge in [0.15, 0.2) is 0 Å². The van der Waals surface area contributed by atoms with Gasteiger partial charge in [0.05, 0.1) is 10.6 Å².